The van der Waals surface area contributed by atoms with Crippen LogP contribution in [0.4, 0.5) is 17.6 Å². The predicted octanol–water partition coefficient (Wildman–Crippen LogP) is 4.83. The standard InChI is InChI=1S/C26H23F4NO6/c1-5-37-23(32)16-10-31-22-14(20(16)25(24(33)34-2)11-26(12-25,35-3)36-4)6-7-17(28)19(22)15-8-13(27)9-18(29)21(15)30/h6-10H,5,11-12H2,1-4H3. The molecule has 1 saturated carbocycles. The molecule has 0 unspecified atom stereocenters. The van der Waals surface area contributed by atoms with Gasteiger partial charge in [-0.05, 0) is 30.7 Å². The molecular weight excluding hydrogens is 498 g/mol. The Bertz CT molecular complexity index is 1400. The maximum atomic E-state index is 15.1. The highest BCUT2D eigenvalue weighted by atomic mass is 19.2. The van der Waals surface area contributed by atoms with E-state index in [1.807, 2.05) is 0 Å². The smallest absolute Gasteiger partial charge is 0.340 e. The molecule has 11 heteroatoms. The van der Waals surface area contributed by atoms with Crippen LogP contribution >= 0.6 is 0 Å². The molecule has 0 atom stereocenters. The zero-order valence-corrected chi connectivity index (χ0v) is 20.4. The van der Waals surface area contributed by atoms with Crippen molar-refractivity contribution in [3.63, 3.8) is 0 Å². The molecule has 0 amide bonds. The Balaban J connectivity index is 2.11. The molecule has 0 aliphatic heterocycles. The second kappa shape index (κ2) is 9.71. The van der Waals surface area contributed by atoms with Gasteiger partial charge < -0.3 is 18.9 Å². The monoisotopic (exact) mass is 521 g/mol. The van der Waals surface area contributed by atoms with Gasteiger partial charge in [-0.25, -0.2) is 22.4 Å². The highest BCUT2D eigenvalue weighted by Crippen LogP contribution is 2.56. The van der Waals surface area contributed by atoms with E-state index in [9.17, 15) is 22.8 Å². The fourth-order valence-corrected chi connectivity index (χ4v) is 4.97. The fraction of sp³-hybridized carbons (Fsp3) is 0.346. The summed E-state index contributed by atoms with van der Waals surface area (Å²) >= 11 is 0. The van der Waals surface area contributed by atoms with Crippen molar-refractivity contribution >= 4 is 22.8 Å². The van der Waals surface area contributed by atoms with Crippen LogP contribution in [0.15, 0.2) is 30.5 Å². The number of hydrogen-bond donors (Lipinski definition) is 0. The Kier molecular flexibility index (Phi) is 6.95. The van der Waals surface area contributed by atoms with Crippen LogP contribution in [-0.2, 0) is 29.2 Å². The number of esters is 2. The highest BCUT2D eigenvalue weighted by Gasteiger charge is 2.63. The van der Waals surface area contributed by atoms with Crippen LogP contribution in [0.5, 0.6) is 0 Å². The molecule has 0 saturated heterocycles. The van der Waals surface area contributed by atoms with E-state index >= 15 is 4.39 Å². The van der Waals surface area contributed by atoms with Crippen molar-refractivity contribution in [1.82, 2.24) is 4.98 Å². The van der Waals surface area contributed by atoms with Crippen molar-refractivity contribution in [2.75, 3.05) is 27.9 Å². The fourth-order valence-electron chi connectivity index (χ4n) is 4.97. The quantitative estimate of drug-likeness (QED) is 0.191. The topological polar surface area (TPSA) is 84.0 Å². The van der Waals surface area contributed by atoms with Crippen molar-refractivity contribution in [3.8, 4) is 11.1 Å². The number of halogens is 4. The molecule has 0 bridgehead atoms. The van der Waals surface area contributed by atoms with Crippen LogP contribution in [0.3, 0.4) is 0 Å². The van der Waals surface area contributed by atoms with Crippen LogP contribution in [0, 0.1) is 23.3 Å². The predicted molar refractivity (Wildman–Crippen MR) is 123 cm³/mol. The van der Waals surface area contributed by atoms with E-state index in [1.165, 1.54) is 20.3 Å². The lowest BCUT2D eigenvalue weighted by atomic mass is 9.58. The first-order valence-electron chi connectivity index (χ1n) is 11.2. The summed E-state index contributed by atoms with van der Waals surface area (Å²) < 4.78 is 79.1. The van der Waals surface area contributed by atoms with Crippen molar-refractivity contribution in [3.05, 3.63) is 64.9 Å². The summed E-state index contributed by atoms with van der Waals surface area (Å²) in [6.07, 6.45) is 0.859. The van der Waals surface area contributed by atoms with Gasteiger partial charge in [0.05, 0.1) is 24.8 Å². The molecule has 1 aromatic heterocycles. The van der Waals surface area contributed by atoms with Crippen LogP contribution in [0.25, 0.3) is 22.0 Å². The van der Waals surface area contributed by atoms with Gasteiger partial charge in [0.15, 0.2) is 17.4 Å². The summed E-state index contributed by atoms with van der Waals surface area (Å²) in [5.74, 6) is -7.94. The summed E-state index contributed by atoms with van der Waals surface area (Å²) in [5.41, 5.74) is -3.09. The van der Waals surface area contributed by atoms with Gasteiger partial charge in [-0.1, -0.05) is 0 Å². The van der Waals surface area contributed by atoms with E-state index in [0.717, 1.165) is 19.4 Å². The molecule has 7 nitrogen and oxygen atoms in total. The third-order valence-electron chi connectivity index (χ3n) is 6.69. The molecular formula is C26H23F4NO6. The van der Waals surface area contributed by atoms with Gasteiger partial charge in [-0.3, -0.25) is 9.78 Å². The average molecular weight is 521 g/mol. The Morgan fingerprint density at radius 1 is 1.00 bits per heavy atom. The minimum Gasteiger partial charge on any atom is -0.468 e. The van der Waals surface area contributed by atoms with Crippen molar-refractivity contribution < 1.29 is 46.1 Å². The molecule has 4 rings (SSSR count). The second-order valence-corrected chi connectivity index (χ2v) is 8.58. The van der Waals surface area contributed by atoms with Crippen LogP contribution in [0.2, 0.25) is 0 Å². The Labute approximate surface area is 209 Å². The number of fused-ring (bicyclic) bond motifs is 1. The summed E-state index contributed by atoms with van der Waals surface area (Å²) in [7, 11) is 3.93. The van der Waals surface area contributed by atoms with Gasteiger partial charge in [0.2, 0.25) is 0 Å². The summed E-state index contributed by atoms with van der Waals surface area (Å²) in [4.78, 5) is 30.4. The van der Waals surface area contributed by atoms with Crippen molar-refractivity contribution in [2.45, 2.75) is 31.0 Å². The number of aromatic nitrogens is 1. The minimum atomic E-state index is -1.54. The molecule has 0 radical (unpaired) electrons. The van der Waals surface area contributed by atoms with Gasteiger partial charge in [0, 0.05) is 55.8 Å². The average Bonchev–Trinajstić information content (AvgIpc) is 2.86. The third kappa shape index (κ3) is 4.11. The lowest BCUT2D eigenvalue weighted by molar-refractivity contribution is -0.278. The Hall–Kier alpha value is -3.57. The molecule has 1 fully saturated rings. The number of nitrogens with zero attached hydrogens (tertiary/aromatic N) is 1. The van der Waals surface area contributed by atoms with Gasteiger partial charge in [0.1, 0.15) is 17.0 Å². The van der Waals surface area contributed by atoms with Crippen molar-refractivity contribution in [2.24, 2.45) is 0 Å². The number of methoxy groups -OCH3 is 3. The lowest BCUT2D eigenvalue weighted by Crippen LogP contribution is -2.61. The summed E-state index contributed by atoms with van der Waals surface area (Å²) in [5, 5.41) is 0.0530. The first-order valence-corrected chi connectivity index (χ1v) is 11.2. The van der Waals surface area contributed by atoms with Crippen LogP contribution in [0.1, 0.15) is 35.7 Å². The normalized spacial score (nSPS) is 15.8. The summed E-state index contributed by atoms with van der Waals surface area (Å²) in [6, 6.07) is 3.15. The third-order valence-corrected chi connectivity index (χ3v) is 6.69. The zero-order valence-electron chi connectivity index (χ0n) is 20.4. The molecule has 2 aromatic carbocycles. The van der Waals surface area contributed by atoms with E-state index in [-0.39, 0.29) is 41.5 Å². The van der Waals surface area contributed by atoms with Crippen LogP contribution < -0.4 is 0 Å². The van der Waals surface area contributed by atoms with Gasteiger partial charge in [0.25, 0.3) is 0 Å². The van der Waals surface area contributed by atoms with Crippen molar-refractivity contribution in [1.29, 1.82) is 0 Å². The molecule has 1 aliphatic carbocycles. The molecule has 0 N–H and O–H groups in total. The molecule has 196 valence electrons. The first-order chi connectivity index (χ1) is 17.6. The Morgan fingerprint density at radius 3 is 2.27 bits per heavy atom. The Morgan fingerprint density at radius 2 is 1.68 bits per heavy atom. The molecule has 1 aliphatic rings. The van der Waals surface area contributed by atoms with Gasteiger partial charge in [-0.2, -0.15) is 0 Å². The van der Waals surface area contributed by atoms with Gasteiger partial charge >= 0.3 is 11.9 Å². The maximum Gasteiger partial charge on any atom is 0.340 e. The number of carbonyl (C=O) groups excluding carboxylic acids is 2. The molecule has 1 heterocycles. The molecule has 3 aromatic rings. The van der Waals surface area contributed by atoms with E-state index in [0.29, 0.717) is 12.1 Å². The van der Waals surface area contributed by atoms with E-state index in [1.54, 1.807) is 6.92 Å². The van der Waals surface area contributed by atoms with Crippen LogP contribution in [-0.4, -0.2) is 50.6 Å². The zero-order chi connectivity index (χ0) is 27.1. The number of benzene rings is 2. The highest BCUT2D eigenvalue weighted by molar-refractivity contribution is 6.06. The SMILES string of the molecule is CCOC(=O)c1cnc2c(-c3cc(F)cc(F)c3F)c(F)ccc2c1C1(C(=O)OC)CC(OC)(OC)C1. The van der Waals surface area contributed by atoms with E-state index in [2.05, 4.69) is 4.98 Å². The number of ether oxygens (including phenoxy) is 4. The maximum absolute atomic E-state index is 15.1. The second-order valence-electron chi connectivity index (χ2n) is 8.58. The largest absolute Gasteiger partial charge is 0.468 e. The first kappa shape index (κ1) is 26.5. The number of hydrogen-bond acceptors (Lipinski definition) is 7. The molecule has 0 spiro atoms. The number of rotatable bonds is 7. The van der Waals surface area contributed by atoms with Gasteiger partial charge in [-0.15, -0.1) is 0 Å². The lowest BCUT2D eigenvalue weighted by Gasteiger charge is -2.52. The minimum absolute atomic E-state index is 0.00403. The number of pyridine rings is 1. The summed E-state index contributed by atoms with van der Waals surface area (Å²) in [6.45, 7) is 1.59. The molecule has 37 heavy (non-hydrogen) atoms. The van der Waals surface area contributed by atoms with E-state index < -0.39 is 57.5 Å². The van der Waals surface area contributed by atoms with E-state index in [4.69, 9.17) is 18.9 Å². The number of carbonyl (C=O) groups is 2.